The van der Waals surface area contributed by atoms with Crippen molar-refractivity contribution in [1.29, 1.82) is 0 Å². The maximum atomic E-state index is 4.27. The molecule has 2 heterocycles. The van der Waals surface area contributed by atoms with Gasteiger partial charge in [-0.2, -0.15) is 5.10 Å². The molecule has 1 aromatic heterocycles. The number of nitrogens with zero attached hydrogens (tertiary/aromatic N) is 1. The molecule has 1 aromatic carbocycles. The van der Waals surface area contributed by atoms with Crippen molar-refractivity contribution >= 4 is 0 Å². The lowest BCUT2D eigenvalue weighted by atomic mass is 9.89. The van der Waals surface area contributed by atoms with Crippen molar-refractivity contribution in [2.24, 2.45) is 0 Å². The molecule has 0 unspecified atom stereocenters. The summed E-state index contributed by atoms with van der Waals surface area (Å²) < 4.78 is 0. The van der Waals surface area contributed by atoms with Crippen LogP contribution in [0.5, 0.6) is 0 Å². The Morgan fingerprint density at radius 3 is 2.67 bits per heavy atom. The van der Waals surface area contributed by atoms with E-state index in [2.05, 4.69) is 46.7 Å². The molecular weight excluding hydrogens is 222 g/mol. The molecule has 3 nitrogen and oxygen atoms in total. The minimum Gasteiger partial charge on any atom is -0.317 e. The van der Waals surface area contributed by atoms with Gasteiger partial charge in [0, 0.05) is 17.2 Å². The second-order valence-corrected chi connectivity index (χ2v) is 5.04. The van der Waals surface area contributed by atoms with Gasteiger partial charge in [-0.1, -0.05) is 24.3 Å². The predicted molar refractivity (Wildman–Crippen MR) is 73.6 cm³/mol. The first-order valence-corrected chi connectivity index (χ1v) is 6.66. The second kappa shape index (κ2) is 4.94. The van der Waals surface area contributed by atoms with E-state index in [-0.39, 0.29) is 0 Å². The van der Waals surface area contributed by atoms with E-state index in [1.165, 1.54) is 35.2 Å². The van der Waals surface area contributed by atoms with Gasteiger partial charge in [0.05, 0.1) is 6.20 Å². The van der Waals surface area contributed by atoms with E-state index in [9.17, 15) is 0 Å². The normalized spacial score (nSPS) is 16.9. The van der Waals surface area contributed by atoms with Crippen LogP contribution in [0.25, 0.3) is 11.1 Å². The molecule has 0 saturated carbocycles. The van der Waals surface area contributed by atoms with Crippen molar-refractivity contribution in [3.05, 3.63) is 41.7 Å². The number of piperidine rings is 1. The molecule has 94 valence electrons. The number of benzene rings is 1. The Morgan fingerprint density at radius 1 is 1.11 bits per heavy atom. The highest BCUT2D eigenvalue weighted by Crippen LogP contribution is 2.33. The summed E-state index contributed by atoms with van der Waals surface area (Å²) in [4.78, 5) is 0. The van der Waals surface area contributed by atoms with E-state index in [1.54, 1.807) is 0 Å². The lowest BCUT2D eigenvalue weighted by Crippen LogP contribution is -2.27. The molecule has 18 heavy (non-hydrogen) atoms. The number of rotatable bonds is 2. The number of hydrogen-bond donors (Lipinski definition) is 2. The van der Waals surface area contributed by atoms with Gasteiger partial charge in [0.15, 0.2) is 0 Å². The molecule has 0 atom stereocenters. The van der Waals surface area contributed by atoms with E-state index in [1.807, 2.05) is 6.20 Å². The van der Waals surface area contributed by atoms with Crippen LogP contribution in [0.2, 0.25) is 0 Å². The Labute approximate surface area is 108 Å². The third-order valence-corrected chi connectivity index (χ3v) is 3.85. The molecule has 0 bridgehead atoms. The van der Waals surface area contributed by atoms with Crippen LogP contribution >= 0.6 is 0 Å². The van der Waals surface area contributed by atoms with Gasteiger partial charge in [0.2, 0.25) is 0 Å². The summed E-state index contributed by atoms with van der Waals surface area (Å²) in [5.74, 6) is 0.614. The van der Waals surface area contributed by atoms with E-state index < -0.39 is 0 Å². The summed E-state index contributed by atoms with van der Waals surface area (Å²) in [7, 11) is 0. The third kappa shape index (κ3) is 2.06. The maximum Gasteiger partial charge on any atom is 0.0568 e. The molecule has 1 saturated heterocycles. The number of H-pyrrole nitrogens is 1. The monoisotopic (exact) mass is 241 g/mol. The Hall–Kier alpha value is -1.61. The van der Waals surface area contributed by atoms with Gasteiger partial charge in [0.1, 0.15) is 0 Å². The van der Waals surface area contributed by atoms with Gasteiger partial charge >= 0.3 is 0 Å². The van der Waals surface area contributed by atoms with Gasteiger partial charge in [0.25, 0.3) is 0 Å². The summed E-state index contributed by atoms with van der Waals surface area (Å²) in [6, 6.07) is 8.53. The van der Waals surface area contributed by atoms with Gasteiger partial charge in [-0.15, -0.1) is 0 Å². The maximum absolute atomic E-state index is 4.27. The third-order valence-electron chi connectivity index (χ3n) is 3.85. The largest absolute Gasteiger partial charge is 0.317 e. The lowest BCUT2D eigenvalue weighted by molar-refractivity contribution is 0.453. The number of nitrogens with one attached hydrogen (secondary N) is 2. The fourth-order valence-corrected chi connectivity index (χ4v) is 2.81. The van der Waals surface area contributed by atoms with E-state index in [0.717, 1.165) is 13.1 Å². The highest BCUT2D eigenvalue weighted by Gasteiger charge is 2.21. The molecular formula is C15H19N3. The molecule has 1 fully saturated rings. The van der Waals surface area contributed by atoms with Crippen LogP contribution in [0.3, 0.4) is 0 Å². The molecule has 2 N–H and O–H groups in total. The Bertz CT molecular complexity index is 524. The van der Waals surface area contributed by atoms with E-state index in [4.69, 9.17) is 0 Å². The average molecular weight is 241 g/mol. The zero-order chi connectivity index (χ0) is 12.4. The summed E-state index contributed by atoms with van der Waals surface area (Å²) in [5, 5.41) is 10.9. The molecule has 1 aliphatic rings. The van der Waals surface area contributed by atoms with Crippen LogP contribution < -0.4 is 5.32 Å². The van der Waals surface area contributed by atoms with Crippen molar-refractivity contribution in [2.75, 3.05) is 13.1 Å². The number of aromatic amines is 1. The van der Waals surface area contributed by atoms with Gasteiger partial charge in [-0.3, -0.25) is 5.10 Å². The first-order valence-electron chi connectivity index (χ1n) is 6.66. The first-order chi connectivity index (χ1) is 8.86. The summed E-state index contributed by atoms with van der Waals surface area (Å²) in [5.41, 5.74) is 5.21. The fraction of sp³-hybridized carbons (Fsp3) is 0.400. The zero-order valence-electron chi connectivity index (χ0n) is 10.7. The smallest absolute Gasteiger partial charge is 0.0568 e. The molecule has 0 spiro atoms. The van der Waals surface area contributed by atoms with Crippen molar-refractivity contribution in [1.82, 2.24) is 15.5 Å². The predicted octanol–water partition coefficient (Wildman–Crippen LogP) is 2.85. The van der Waals surface area contributed by atoms with Crippen molar-refractivity contribution < 1.29 is 0 Å². The average Bonchev–Trinajstić information content (AvgIpc) is 2.89. The summed E-state index contributed by atoms with van der Waals surface area (Å²) in [6.45, 7) is 4.38. The van der Waals surface area contributed by atoms with E-state index in [0.29, 0.717) is 5.92 Å². The minimum absolute atomic E-state index is 0.614. The molecule has 0 aliphatic carbocycles. The SMILES string of the molecule is Cc1ccccc1-c1cn[nH]c1C1CCNCC1. The molecule has 3 heteroatoms. The van der Waals surface area contributed by atoms with Gasteiger partial charge in [-0.05, 0) is 44.0 Å². The zero-order valence-corrected chi connectivity index (χ0v) is 10.7. The van der Waals surface area contributed by atoms with E-state index >= 15 is 0 Å². The van der Waals surface area contributed by atoms with Crippen LogP contribution in [0.15, 0.2) is 30.5 Å². The molecule has 0 radical (unpaired) electrons. The molecule has 3 rings (SSSR count). The van der Waals surface area contributed by atoms with Gasteiger partial charge in [-0.25, -0.2) is 0 Å². The van der Waals surface area contributed by atoms with Crippen LogP contribution in [-0.2, 0) is 0 Å². The molecule has 2 aromatic rings. The van der Waals surface area contributed by atoms with Crippen LogP contribution in [0, 0.1) is 6.92 Å². The van der Waals surface area contributed by atoms with Crippen LogP contribution in [-0.4, -0.2) is 23.3 Å². The lowest BCUT2D eigenvalue weighted by Gasteiger charge is -2.22. The van der Waals surface area contributed by atoms with Crippen molar-refractivity contribution in [3.8, 4) is 11.1 Å². The van der Waals surface area contributed by atoms with Crippen LogP contribution in [0.1, 0.15) is 30.0 Å². The fourth-order valence-electron chi connectivity index (χ4n) is 2.81. The number of hydrogen-bond acceptors (Lipinski definition) is 2. The summed E-state index contributed by atoms with van der Waals surface area (Å²) in [6.07, 6.45) is 4.36. The Balaban J connectivity index is 1.98. The van der Waals surface area contributed by atoms with Crippen molar-refractivity contribution in [2.45, 2.75) is 25.7 Å². The highest BCUT2D eigenvalue weighted by atomic mass is 15.1. The standard InChI is InChI=1S/C15H19N3/c1-11-4-2-3-5-13(11)14-10-17-18-15(14)12-6-8-16-9-7-12/h2-5,10,12,16H,6-9H2,1H3,(H,17,18). The summed E-state index contributed by atoms with van der Waals surface area (Å²) >= 11 is 0. The molecule has 1 aliphatic heterocycles. The quantitative estimate of drug-likeness (QED) is 0.848. The Kier molecular flexibility index (Phi) is 3.15. The van der Waals surface area contributed by atoms with Gasteiger partial charge < -0.3 is 5.32 Å². The minimum atomic E-state index is 0.614. The highest BCUT2D eigenvalue weighted by molar-refractivity contribution is 5.69. The second-order valence-electron chi connectivity index (χ2n) is 5.04. The first kappa shape index (κ1) is 11.5. The molecule has 0 amide bonds. The van der Waals surface area contributed by atoms with Crippen LogP contribution in [0.4, 0.5) is 0 Å². The topological polar surface area (TPSA) is 40.7 Å². The van der Waals surface area contributed by atoms with Crippen molar-refractivity contribution in [3.63, 3.8) is 0 Å². The number of aryl methyl sites for hydroxylation is 1. The number of aromatic nitrogens is 2. The Morgan fingerprint density at radius 2 is 1.89 bits per heavy atom.